The monoisotopic (exact) mass is 317 g/mol. The van der Waals surface area contributed by atoms with Crippen molar-refractivity contribution in [2.24, 2.45) is 0 Å². The second kappa shape index (κ2) is 7.26. The van der Waals surface area contributed by atoms with E-state index in [4.69, 9.17) is 9.52 Å². The summed E-state index contributed by atoms with van der Waals surface area (Å²) in [5.74, 6) is -2.16. The fraction of sp³-hybridized carbons (Fsp3) is 0.188. The van der Waals surface area contributed by atoms with Gasteiger partial charge in [0.15, 0.2) is 5.76 Å². The SMILES string of the molecule is COC(=O)c1ccc(C(=O)Nc2cccc(CCC(=O)O)c2)o1. The Morgan fingerprint density at radius 1 is 1.17 bits per heavy atom. The summed E-state index contributed by atoms with van der Waals surface area (Å²) in [7, 11) is 1.22. The average Bonchev–Trinajstić information content (AvgIpc) is 3.02. The second-order valence-electron chi connectivity index (χ2n) is 4.70. The molecular formula is C16H15NO6. The Morgan fingerprint density at radius 2 is 1.91 bits per heavy atom. The van der Waals surface area contributed by atoms with Crippen molar-refractivity contribution in [2.45, 2.75) is 12.8 Å². The Morgan fingerprint density at radius 3 is 2.61 bits per heavy atom. The van der Waals surface area contributed by atoms with Crippen LogP contribution in [0.15, 0.2) is 40.8 Å². The van der Waals surface area contributed by atoms with Gasteiger partial charge in [0.2, 0.25) is 5.76 Å². The number of benzene rings is 1. The molecule has 0 saturated carbocycles. The molecule has 2 N–H and O–H groups in total. The second-order valence-corrected chi connectivity index (χ2v) is 4.70. The minimum absolute atomic E-state index is 0.0120. The number of rotatable bonds is 6. The Labute approximate surface area is 131 Å². The van der Waals surface area contributed by atoms with Gasteiger partial charge in [0.05, 0.1) is 7.11 Å². The number of hydrogen-bond donors (Lipinski definition) is 2. The minimum atomic E-state index is -0.884. The van der Waals surface area contributed by atoms with Crippen molar-refractivity contribution in [2.75, 3.05) is 12.4 Å². The normalized spacial score (nSPS) is 10.1. The smallest absolute Gasteiger partial charge is 0.373 e. The summed E-state index contributed by atoms with van der Waals surface area (Å²) < 4.78 is 9.61. The molecule has 2 rings (SSSR count). The molecular weight excluding hydrogens is 302 g/mol. The van der Waals surface area contributed by atoms with Gasteiger partial charge in [-0.05, 0) is 36.2 Å². The topological polar surface area (TPSA) is 106 Å². The molecule has 1 aromatic heterocycles. The van der Waals surface area contributed by atoms with Crippen molar-refractivity contribution in [3.05, 3.63) is 53.5 Å². The van der Waals surface area contributed by atoms with Crippen molar-refractivity contribution in [1.29, 1.82) is 0 Å². The van der Waals surface area contributed by atoms with Gasteiger partial charge in [-0.1, -0.05) is 12.1 Å². The molecule has 0 fully saturated rings. The maximum atomic E-state index is 12.1. The maximum Gasteiger partial charge on any atom is 0.373 e. The highest BCUT2D eigenvalue weighted by Gasteiger charge is 2.16. The molecule has 1 aromatic carbocycles. The number of nitrogens with one attached hydrogen (secondary N) is 1. The van der Waals surface area contributed by atoms with Crippen molar-refractivity contribution in [1.82, 2.24) is 0 Å². The number of carboxylic acid groups (broad SMARTS) is 1. The summed E-state index contributed by atoms with van der Waals surface area (Å²) in [5.41, 5.74) is 1.30. The van der Waals surface area contributed by atoms with E-state index in [2.05, 4.69) is 10.1 Å². The zero-order valence-electron chi connectivity index (χ0n) is 12.4. The first-order valence-corrected chi connectivity index (χ1v) is 6.80. The lowest BCUT2D eigenvalue weighted by Crippen LogP contribution is -2.11. The van der Waals surface area contributed by atoms with Gasteiger partial charge in [0.1, 0.15) is 0 Å². The van der Waals surface area contributed by atoms with E-state index in [-0.39, 0.29) is 17.9 Å². The standard InChI is InChI=1S/C16H15NO6/c1-22-16(21)13-7-6-12(23-13)15(20)17-11-4-2-3-10(9-11)5-8-14(18)19/h2-4,6-7,9H,5,8H2,1H3,(H,17,20)(H,18,19). The lowest BCUT2D eigenvalue weighted by Gasteiger charge is -2.05. The highest BCUT2D eigenvalue weighted by molar-refractivity contribution is 6.03. The molecule has 2 aromatic rings. The van der Waals surface area contributed by atoms with Gasteiger partial charge in [0, 0.05) is 12.1 Å². The quantitative estimate of drug-likeness (QED) is 0.792. The molecule has 7 nitrogen and oxygen atoms in total. The first-order valence-electron chi connectivity index (χ1n) is 6.80. The number of esters is 1. The highest BCUT2D eigenvalue weighted by atomic mass is 16.5. The largest absolute Gasteiger partial charge is 0.481 e. The van der Waals surface area contributed by atoms with Crippen LogP contribution in [0.2, 0.25) is 0 Å². The number of carbonyl (C=O) groups is 3. The lowest BCUT2D eigenvalue weighted by atomic mass is 10.1. The number of methoxy groups -OCH3 is 1. The predicted octanol–water partition coefficient (Wildman–Crippen LogP) is 2.34. The van der Waals surface area contributed by atoms with E-state index in [0.717, 1.165) is 5.56 Å². The molecule has 0 aliphatic heterocycles. The van der Waals surface area contributed by atoms with Crippen LogP contribution in [0.4, 0.5) is 5.69 Å². The Kier molecular flexibility index (Phi) is 5.14. The molecule has 0 aliphatic carbocycles. The van der Waals surface area contributed by atoms with Gasteiger partial charge in [-0.3, -0.25) is 9.59 Å². The van der Waals surface area contributed by atoms with Gasteiger partial charge < -0.3 is 19.6 Å². The summed E-state index contributed by atoms with van der Waals surface area (Å²) in [6, 6.07) is 9.58. The van der Waals surface area contributed by atoms with E-state index in [0.29, 0.717) is 12.1 Å². The van der Waals surface area contributed by atoms with Gasteiger partial charge in [0.25, 0.3) is 5.91 Å². The molecule has 120 valence electrons. The van der Waals surface area contributed by atoms with Crippen LogP contribution in [-0.4, -0.2) is 30.1 Å². The van der Waals surface area contributed by atoms with Crippen LogP contribution in [0.5, 0.6) is 0 Å². The molecule has 0 unspecified atom stereocenters. The van der Waals surface area contributed by atoms with Gasteiger partial charge in [-0.2, -0.15) is 0 Å². The predicted molar refractivity (Wildman–Crippen MR) is 80.4 cm³/mol. The lowest BCUT2D eigenvalue weighted by molar-refractivity contribution is -0.136. The number of aryl methyl sites for hydroxylation is 1. The first-order chi connectivity index (χ1) is 11.0. The fourth-order valence-corrected chi connectivity index (χ4v) is 1.92. The molecule has 0 spiro atoms. The molecule has 7 heteroatoms. The maximum absolute atomic E-state index is 12.1. The molecule has 1 amide bonds. The van der Waals surface area contributed by atoms with Crippen LogP contribution in [0, 0.1) is 0 Å². The number of aliphatic carboxylic acids is 1. The van der Waals surface area contributed by atoms with Gasteiger partial charge in [-0.25, -0.2) is 4.79 Å². The number of carboxylic acids is 1. The van der Waals surface area contributed by atoms with Crippen molar-refractivity contribution in [3.8, 4) is 0 Å². The van der Waals surface area contributed by atoms with Crippen LogP contribution in [-0.2, 0) is 16.0 Å². The summed E-state index contributed by atoms with van der Waals surface area (Å²) >= 11 is 0. The van der Waals surface area contributed by atoms with Crippen LogP contribution in [0.1, 0.15) is 33.1 Å². The van der Waals surface area contributed by atoms with Crippen molar-refractivity contribution >= 4 is 23.5 Å². The number of ether oxygens (including phenoxy) is 1. The number of furan rings is 1. The molecule has 0 bridgehead atoms. The van der Waals surface area contributed by atoms with E-state index in [9.17, 15) is 14.4 Å². The van der Waals surface area contributed by atoms with E-state index in [1.54, 1.807) is 24.3 Å². The number of anilines is 1. The molecule has 0 radical (unpaired) electrons. The Balaban J connectivity index is 2.05. The van der Waals surface area contributed by atoms with Crippen LogP contribution >= 0.6 is 0 Å². The summed E-state index contributed by atoms with van der Waals surface area (Å²) in [6.07, 6.45) is 0.379. The van der Waals surface area contributed by atoms with E-state index >= 15 is 0 Å². The zero-order valence-corrected chi connectivity index (χ0v) is 12.4. The third kappa shape index (κ3) is 4.44. The number of hydrogen-bond acceptors (Lipinski definition) is 5. The number of carbonyl (C=O) groups excluding carboxylic acids is 2. The molecule has 23 heavy (non-hydrogen) atoms. The Hall–Kier alpha value is -3.09. The van der Waals surface area contributed by atoms with Crippen LogP contribution in [0.3, 0.4) is 0 Å². The van der Waals surface area contributed by atoms with Gasteiger partial charge in [-0.15, -0.1) is 0 Å². The van der Waals surface area contributed by atoms with E-state index in [1.807, 2.05) is 0 Å². The molecule has 0 aliphatic rings. The molecule has 0 atom stereocenters. The minimum Gasteiger partial charge on any atom is -0.481 e. The fourth-order valence-electron chi connectivity index (χ4n) is 1.92. The van der Waals surface area contributed by atoms with Gasteiger partial charge >= 0.3 is 11.9 Å². The summed E-state index contributed by atoms with van der Waals surface area (Å²) in [5, 5.41) is 11.3. The zero-order chi connectivity index (χ0) is 16.8. The third-order valence-electron chi connectivity index (χ3n) is 3.03. The van der Waals surface area contributed by atoms with Crippen molar-refractivity contribution < 1.29 is 28.6 Å². The van der Waals surface area contributed by atoms with Crippen LogP contribution in [0.25, 0.3) is 0 Å². The van der Waals surface area contributed by atoms with E-state index < -0.39 is 17.8 Å². The summed E-state index contributed by atoms with van der Waals surface area (Å²) in [6.45, 7) is 0. The van der Waals surface area contributed by atoms with Crippen molar-refractivity contribution in [3.63, 3.8) is 0 Å². The van der Waals surface area contributed by atoms with Crippen LogP contribution < -0.4 is 5.32 Å². The Bertz CT molecular complexity index is 734. The first kappa shape index (κ1) is 16.3. The summed E-state index contributed by atoms with van der Waals surface area (Å²) in [4.78, 5) is 33.9. The third-order valence-corrected chi connectivity index (χ3v) is 3.03. The molecule has 0 saturated heterocycles. The highest BCUT2D eigenvalue weighted by Crippen LogP contribution is 2.15. The average molecular weight is 317 g/mol. The van der Waals surface area contributed by atoms with E-state index in [1.165, 1.54) is 19.2 Å². The molecule has 1 heterocycles. The number of amides is 1.